The number of hydrogen-bond donors (Lipinski definition) is 2. The molecule has 3 rings (SSSR count). The molecule has 0 bridgehead atoms. The third-order valence-electron chi connectivity index (χ3n) is 3.37. The molecule has 1 atom stereocenters. The summed E-state index contributed by atoms with van der Waals surface area (Å²) >= 11 is 0. The minimum Gasteiger partial charge on any atom is -0.397 e. The first-order valence-corrected chi connectivity index (χ1v) is 5.92. The Morgan fingerprint density at radius 2 is 2.00 bits per heavy atom. The lowest BCUT2D eigenvalue weighted by molar-refractivity contribution is -0.108. The van der Waals surface area contributed by atoms with Crippen molar-refractivity contribution in [2.24, 2.45) is 0 Å². The van der Waals surface area contributed by atoms with Crippen LogP contribution < -0.4 is 11.1 Å². The Hall–Kier alpha value is -2.29. The maximum Gasteiger partial charge on any atom is 0.132 e. The first-order valence-electron chi connectivity index (χ1n) is 5.92. The van der Waals surface area contributed by atoms with Gasteiger partial charge >= 0.3 is 0 Å². The molecular formula is C15H14N2O. The topological polar surface area (TPSA) is 55.1 Å². The van der Waals surface area contributed by atoms with Gasteiger partial charge in [-0.1, -0.05) is 24.3 Å². The number of carbonyl (C=O) groups excluding carboxylic acids is 1. The van der Waals surface area contributed by atoms with Gasteiger partial charge in [0.1, 0.15) is 6.29 Å². The zero-order valence-corrected chi connectivity index (χ0v) is 10.1. The van der Waals surface area contributed by atoms with Crippen LogP contribution in [-0.4, -0.2) is 6.29 Å². The molecule has 3 heteroatoms. The number of anilines is 3. The maximum atomic E-state index is 11.4. The van der Waals surface area contributed by atoms with Gasteiger partial charge in [0.25, 0.3) is 0 Å². The molecule has 0 radical (unpaired) electrons. The Morgan fingerprint density at radius 3 is 2.78 bits per heavy atom. The van der Waals surface area contributed by atoms with E-state index >= 15 is 0 Å². The molecule has 1 aliphatic rings. The summed E-state index contributed by atoms with van der Waals surface area (Å²) in [5.74, 6) is -0.236. The summed E-state index contributed by atoms with van der Waals surface area (Å²) in [6.45, 7) is 1.99. The van der Waals surface area contributed by atoms with Gasteiger partial charge in [-0.2, -0.15) is 0 Å². The van der Waals surface area contributed by atoms with E-state index in [1.807, 2.05) is 43.3 Å². The molecule has 0 fully saturated rings. The standard InChI is InChI=1S/C15H14N2O/c1-9-6-11-12(8-18)10-4-2-3-5-14(10)17-15(11)13(16)7-9/h2-8,12,17H,16H2,1H3. The van der Waals surface area contributed by atoms with E-state index in [1.165, 1.54) is 0 Å². The number of nitrogen functional groups attached to an aromatic ring is 1. The lowest BCUT2D eigenvalue weighted by atomic mass is 9.85. The molecule has 1 heterocycles. The average molecular weight is 238 g/mol. The van der Waals surface area contributed by atoms with Gasteiger partial charge in [0.15, 0.2) is 0 Å². The molecule has 0 amide bonds. The summed E-state index contributed by atoms with van der Waals surface area (Å²) in [4.78, 5) is 11.4. The second-order valence-corrected chi connectivity index (χ2v) is 4.64. The summed E-state index contributed by atoms with van der Waals surface area (Å²) in [5, 5.41) is 3.32. The summed E-state index contributed by atoms with van der Waals surface area (Å²) < 4.78 is 0. The molecule has 0 aromatic heterocycles. The highest BCUT2D eigenvalue weighted by molar-refractivity contribution is 5.88. The lowest BCUT2D eigenvalue weighted by Crippen LogP contribution is -2.15. The van der Waals surface area contributed by atoms with Crippen molar-refractivity contribution < 1.29 is 4.79 Å². The van der Waals surface area contributed by atoms with E-state index in [0.29, 0.717) is 5.69 Å². The van der Waals surface area contributed by atoms with Gasteiger partial charge in [-0.05, 0) is 35.7 Å². The van der Waals surface area contributed by atoms with E-state index < -0.39 is 0 Å². The number of aryl methyl sites for hydroxylation is 1. The zero-order chi connectivity index (χ0) is 12.7. The highest BCUT2D eigenvalue weighted by atomic mass is 16.1. The number of aldehydes is 1. The molecule has 2 aromatic carbocycles. The second-order valence-electron chi connectivity index (χ2n) is 4.64. The van der Waals surface area contributed by atoms with Crippen molar-refractivity contribution in [3.63, 3.8) is 0 Å². The van der Waals surface area contributed by atoms with Gasteiger partial charge in [-0.3, -0.25) is 0 Å². The minimum atomic E-state index is -0.236. The van der Waals surface area contributed by atoms with E-state index in [0.717, 1.165) is 34.4 Å². The van der Waals surface area contributed by atoms with Crippen molar-refractivity contribution in [3.8, 4) is 0 Å². The first kappa shape index (κ1) is 10.8. The molecular weight excluding hydrogens is 224 g/mol. The van der Waals surface area contributed by atoms with E-state index in [1.54, 1.807) is 0 Å². The fraction of sp³-hybridized carbons (Fsp3) is 0.133. The van der Waals surface area contributed by atoms with Crippen molar-refractivity contribution in [2.75, 3.05) is 11.1 Å². The number of fused-ring (bicyclic) bond motifs is 2. The van der Waals surface area contributed by atoms with Gasteiger partial charge in [0.05, 0.1) is 17.3 Å². The average Bonchev–Trinajstić information content (AvgIpc) is 2.36. The predicted octanol–water partition coefficient (Wildman–Crippen LogP) is 2.97. The number of carbonyl (C=O) groups is 1. The van der Waals surface area contributed by atoms with Crippen LogP contribution in [-0.2, 0) is 4.79 Å². The number of para-hydroxylation sites is 1. The third kappa shape index (κ3) is 1.48. The van der Waals surface area contributed by atoms with Crippen LogP contribution in [0.5, 0.6) is 0 Å². The molecule has 18 heavy (non-hydrogen) atoms. The molecule has 3 nitrogen and oxygen atoms in total. The summed E-state index contributed by atoms with van der Waals surface area (Å²) in [7, 11) is 0. The van der Waals surface area contributed by atoms with Crippen molar-refractivity contribution in [1.29, 1.82) is 0 Å². The van der Waals surface area contributed by atoms with Crippen molar-refractivity contribution in [3.05, 3.63) is 53.1 Å². The van der Waals surface area contributed by atoms with Crippen molar-refractivity contribution in [2.45, 2.75) is 12.8 Å². The van der Waals surface area contributed by atoms with Crippen molar-refractivity contribution >= 4 is 23.3 Å². The van der Waals surface area contributed by atoms with Crippen molar-refractivity contribution in [1.82, 2.24) is 0 Å². The Labute approximate surface area is 106 Å². The van der Waals surface area contributed by atoms with Gasteiger partial charge in [-0.15, -0.1) is 0 Å². The molecule has 0 aliphatic carbocycles. The Bertz CT molecular complexity index is 634. The van der Waals surface area contributed by atoms with Gasteiger partial charge in [0.2, 0.25) is 0 Å². The first-order chi connectivity index (χ1) is 8.70. The molecule has 0 saturated carbocycles. The van der Waals surface area contributed by atoms with Crippen LogP contribution in [0, 0.1) is 6.92 Å². The van der Waals surface area contributed by atoms with Crippen LogP contribution in [0.3, 0.4) is 0 Å². The third-order valence-corrected chi connectivity index (χ3v) is 3.37. The second kappa shape index (κ2) is 3.88. The number of hydrogen-bond acceptors (Lipinski definition) is 3. The fourth-order valence-corrected chi connectivity index (χ4v) is 2.56. The Balaban J connectivity index is 2.27. The number of nitrogens with two attached hydrogens (primary N) is 1. The van der Waals surface area contributed by atoms with E-state index in [-0.39, 0.29) is 5.92 Å². The molecule has 0 spiro atoms. The van der Waals surface area contributed by atoms with Gasteiger partial charge < -0.3 is 15.8 Å². The molecule has 0 saturated heterocycles. The molecule has 90 valence electrons. The molecule has 3 N–H and O–H groups in total. The highest BCUT2D eigenvalue weighted by Gasteiger charge is 2.26. The number of benzene rings is 2. The van der Waals surface area contributed by atoms with Crippen LogP contribution in [0.4, 0.5) is 17.1 Å². The van der Waals surface area contributed by atoms with Gasteiger partial charge in [0, 0.05) is 5.69 Å². The normalized spacial score (nSPS) is 16.4. The van der Waals surface area contributed by atoms with E-state index in [4.69, 9.17) is 5.73 Å². The minimum absolute atomic E-state index is 0.236. The van der Waals surface area contributed by atoms with Crippen LogP contribution in [0.25, 0.3) is 0 Å². The summed E-state index contributed by atoms with van der Waals surface area (Å²) in [5.41, 5.74) is 11.6. The fourth-order valence-electron chi connectivity index (χ4n) is 2.56. The molecule has 1 unspecified atom stereocenters. The summed E-state index contributed by atoms with van der Waals surface area (Å²) in [6.07, 6.45) is 0.984. The predicted molar refractivity (Wildman–Crippen MR) is 73.2 cm³/mol. The maximum absolute atomic E-state index is 11.4. The lowest BCUT2D eigenvalue weighted by Gasteiger charge is -2.27. The van der Waals surface area contributed by atoms with Crippen LogP contribution in [0.2, 0.25) is 0 Å². The largest absolute Gasteiger partial charge is 0.397 e. The zero-order valence-electron chi connectivity index (χ0n) is 10.1. The SMILES string of the molecule is Cc1cc(N)c2c(c1)C(C=O)c1ccccc1N2. The smallest absolute Gasteiger partial charge is 0.132 e. The van der Waals surface area contributed by atoms with E-state index in [9.17, 15) is 4.79 Å². The number of nitrogens with one attached hydrogen (secondary N) is 1. The number of rotatable bonds is 1. The highest BCUT2D eigenvalue weighted by Crippen LogP contribution is 2.43. The van der Waals surface area contributed by atoms with E-state index in [2.05, 4.69) is 5.32 Å². The van der Waals surface area contributed by atoms with Crippen LogP contribution in [0.15, 0.2) is 36.4 Å². The quantitative estimate of drug-likeness (QED) is 0.593. The molecule has 2 aromatic rings. The molecule has 1 aliphatic heterocycles. The summed E-state index contributed by atoms with van der Waals surface area (Å²) in [6, 6.07) is 11.8. The van der Waals surface area contributed by atoms with Crippen LogP contribution >= 0.6 is 0 Å². The Morgan fingerprint density at radius 1 is 1.22 bits per heavy atom. The Kier molecular flexibility index (Phi) is 2.33. The monoisotopic (exact) mass is 238 g/mol. The van der Waals surface area contributed by atoms with Crippen LogP contribution in [0.1, 0.15) is 22.6 Å². The van der Waals surface area contributed by atoms with Gasteiger partial charge in [-0.25, -0.2) is 0 Å².